The third kappa shape index (κ3) is 4.48. The van der Waals surface area contributed by atoms with E-state index in [2.05, 4.69) is 5.32 Å². The average Bonchev–Trinajstić information content (AvgIpc) is 2.09. The highest BCUT2D eigenvalue weighted by Gasteiger charge is 2.04. The zero-order chi connectivity index (χ0) is 11.5. The lowest BCUT2D eigenvalue weighted by atomic mass is 10.3. The number of sulfone groups is 1. The Balaban J connectivity index is 2.61. The first-order valence-corrected chi connectivity index (χ1v) is 6.69. The lowest BCUT2D eigenvalue weighted by Crippen LogP contribution is -2.14. The van der Waals surface area contributed by atoms with Crippen LogP contribution in [0.4, 0.5) is 10.1 Å². The minimum Gasteiger partial charge on any atom is -0.382 e. The molecule has 0 aliphatic carbocycles. The van der Waals surface area contributed by atoms with Crippen LogP contribution in [0.2, 0.25) is 5.02 Å². The van der Waals surface area contributed by atoms with Crippen molar-refractivity contribution in [1.82, 2.24) is 0 Å². The molecular formula is C9H11ClFNO2S. The SMILES string of the molecule is CS(=O)(=O)CCNc1cc(Cl)ccc1F. The van der Waals surface area contributed by atoms with Crippen molar-refractivity contribution in [3.63, 3.8) is 0 Å². The van der Waals surface area contributed by atoms with Crippen LogP contribution in [-0.2, 0) is 9.84 Å². The standard InChI is InChI=1S/C9H11ClFNO2S/c1-15(13,14)5-4-12-9-6-7(10)2-3-8(9)11/h2-3,6,12H,4-5H2,1H3. The first-order valence-electron chi connectivity index (χ1n) is 4.25. The Morgan fingerprint density at radius 1 is 1.47 bits per heavy atom. The maximum atomic E-state index is 13.1. The van der Waals surface area contributed by atoms with Gasteiger partial charge in [-0.25, -0.2) is 12.8 Å². The number of hydrogen-bond acceptors (Lipinski definition) is 3. The zero-order valence-electron chi connectivity index (χ0n) is 8.13. The van der Waals surface area contributed by atoms with E-state index in [1.807, 2.05) is 0 Å². The third-order valence-corrected chi connectivity index (χ3v) is 2.90. The largest absolute Gasteiger partial charge is 0.382 e. The lowest BCUT2D eigenvalue weighted by molar-refractivity contribution is 0.601. The van der Waals surface area contributed by atoms with Crippen LogP contribution in [0, 0.1) is 5.82 Å². The van der Waals surface area contributed by atoms with Gasteiger partial charge in [0.25, 0.3) is 0 Å². The van der Waals surface area contributed by atoms with E-state index in [9.17, 15) is 12.8 Å². The fourth-order valence-corrected chi connectivity index (χ4v) is 1.65. The summed E-state index contributed by atoms with van der Waals surface area (Å²) in [7, 11) is -3.04. The summed E-state index contributed by atoms with van der Waals surface area (Å²) < 4.78 is 34.7. The molecule has 0 aromatic heterocycles. The Hall–Kier alpha value is -0.810. The van der Waals surface area contributed by atoms with E-state index < -0.39 is 15.7 Å². The van der Waals surface area contributed by atoms with Crippen molar-refractivity contribution in [3.8, 4) is 0 Å². The maximum absolute atomic E-state index is 13.1. The van der Waals surface area contributed by atoms with Crippen LogP contribution in [0.3, 0.4) is 0 Å². The molecule has 84 valence electrons. The van der Waals surface area contributed by atoms with Crippen molar-refractivity contribution in [2.75, 3.05) is 23.9 Å². The highest BCUT2D eigenvalue weighted by molar-refractivity contribution is 7.90. The average molecular weight is 252 g/mol. The van der Waals surface area contributed by atoms with Crippen LogP contribution >= 0.6 is 11.6 Å². The molecular weight excluding hydrogens is 241 g/mol. The lowest BCUT2D eigenvalue weighted by Gasteiger charge is -2.06. The molecule has 0 heterocycles. The van der Waals surface area contributed by atoms with Gasteiger partial charge in [0.1, 0.15) is 15.7 Å². The number of rotatable bonds is 4. The van der Waals surface area contributed by atoms with Gasteiger partial charge in [-0.2, -0.15) is 0 Å². The van der Waals surface area contributed by atoms with Gasteiger partial charge in [-0.05, 0) is 18.2 Å². The molecule has 6 heteroatoms. The Bertz CT molecular complexity index is 447. The van der Waals surface area contributed by atoms with Crippen molar-refractivity contribution in [3.05, 3.63) is 29.0 Å². The van der Waals surface area contributed by atoms with Crippen molar-refractivity contribution < 1.29 is 12.8 Å². The monoisotopic (exact) mass is 251 g/mol. The molecule has 1 aromatic rings. The fraction of sp³-hybridized carbons (Fsp3) is 0.333. The first kappa shape index (κ1) is 12.3. The second-order valence-corrected chi connectivity index (χ2v) is 5.88. The van der Waals surface area contributed by atoms with E-state index in [-0.39, 0.29) is 18.0 Å². The van der Waals surface area contributed by atoms with Crippen molar-refractivity contribution in [2.45, 2.75) is 0 Å². The van der Waals surface area contributed by atoms with Gasteiger partial charge < -0.3 is 5.32 Å². The third-order valence-electron chi connectivity index (χ3n) is 1.72. The summed E-state index contributed by atoms with van der Waals surface area (Å²) in [6.45, 7) is 0.163. The molecule has 0 atom stereocenters. The molecule has 1 rings (SSSR count). The number of nitrogens with one attached hydrogen (secondary N) is 1. The van der Waals surface area contributed by atoms with Crippen LogP contribution in [0.5, 0.6) is 0 Å². The van der Waals surface area contributed by atoms with Crippen molar-refractivity contribution in [1.29, 1.82) is 0 Å². The first-order chi connectivity index (χ1) is 6.88. The fourth-order valence-electron chi connectivity index (χ4n) is 1.00. The van der Waals surface area contributed by atoms with Crippen LogP contribution in [0.15, 0.2) is 18.2 Å². The minimum absolute atomic E-state index is 0.0427. The number of anilines is 1. The smallest absolute Gasteiger partial charge is 0.149 e. The summed E-state index contributed by atoms with van der Waals surface area (Å²) in [5.74, 6) is -0.494. The summed E-state index contributed by atoms with van der Waals surface area (Å²) in [5, 5.41) is 3.07. The summed E-state index contributed by atoms with van der Waals surface area (Å²) in [6, 6.07) is 4.07. The quantitative estimate of drug-likeness (QED) is 0.890. The molecule has 0 bridgehead atoms. The molecule has 1 aromatic carbocycles. The van der Waals surface area contributed by atoms with Gasteiger partial charge in [0.15, 0.2) is 0 Å². The van der Waals surface area contributed by atoms with Crippen LogP contribution in [0.1, 0.15) is 0 Å². The van der Waals surface area contributed by atoms with E-state index in [1.165, 1.54) is 18.2 Å². The van der Waals surface area contributed by atoms with Gasteiger partial charge in [-0.3, -0.25) is 0 Å². The molecule has 0 fully saturated rings. The van der Waals surface area contributed by atoms with Crippen molar-refractivity contribution in [2.24, 2.45) is 0 Å². The maximum Gasteiger partial charge on any atom is 0.149 e. The van der Waals surface area contributed by atoms with Crippen LogP contribution < -0.4 is 5.32 Å². The van der Waals surface area contributed by atoms with E-state index in [4.69, 9.17) is 11.6 Å². The molecule has 0 aliphatic rings. The summed E-state index contributed by atoms with van der Waals surface area (Å²) >= 11 is 5.66. The second kappa shape index (κ2) is 4.81. The molecule has 0 spiro atoms. The van der Waals surface area contributed by atoms with Gasteiger partial charge in [0.2, 0.25) is 0 Å². The molecule has 0 saturated carbocycles. The molecule has 0 amide bonds. The van der Waals surface area contributed by atoms with Crippen molar-refractivity contribution >= 4 is 27.1 Å². The number of benzene rings is 1. The summed E-state index contributed by atoms with van der Waals surface area (Å²) in [6.07, 6.45) is 1.13. The Kier molecular flexibility index (Phi) is 3.93. The van der Waals surface area contributed by atoms with Crippen LogP contribution in [-0.4, -0.2) is 27.0 Å². The topological polar surface area (TPSA) is 46.2 Å². The second-order valence-electron chi connectivity index (χ2n) is 3.18. The number of halogens is 2. The molecule has 0 radical (unpaired) electrons. The Labute approximate surface area is 93.2 Å². The van der Waals surface area contributed by atoms with Gasteiger partial charge >= 0.3 is 0 Å². The summed E-state index contributed by atoms with van der Waals surface area (Å²) in [4.78, 5) is 0. The van der Waals surface area contributed by atoms with Crippen LogP contribution in [0.25, 0.3) is 0 Å². The highest BCUT2D eigenvalue weighted by atomic mass is 35.5. The molecule has 1 N–H and O–H groups in total. The Morgan fingerprint density at radius 2 is 2.13 bits per heavy atom. The van der Waals surface area contributed by atoms with E-state index in [0.29, 0.717) is 5.02 Å². The Morgan fingerprint density at radius 3 is 2.73 bits per heavy atom. The molecule has 0 unspecified atom stereocenters. The summed E-state index contributed by atoms with van der Waals surface area (Å²) in [5.41, 5.74) is 0.214. The minimum atomic E-state index is -3.04. The van der Waals surface area contributed by atoms with Gasteiger partial charge in [-0.1, -0.05) is 11.6 Å². The van der Waals surface area contributed by atoms with E-state index >= 15 is 0 Å². The highest BCUT2D eigenvalue weighted by Crippen LogP contribution is 2.19. The normalized spacial score (nSPS) is 11.4. The van der Waals surface area contributed by atoms with Gasteiger partial charge in [0, 0.05) is 17.8 Å². The van der Waals surface area contributed by atoms with Gasteiger partial charge in [-0.15, -0.1) is 0 Å². The molecule has 3 nitrogen and oxygen atoms in total. The molecule has 0 saturated heterocycles. The number of hydrogen-bond donors (Lipinski definition) is 1. The molecule has 15 heavy (non-hydrogen) atoms. The predicted molar refractivity (Wildman–Crippen MR) is 59.6 cm³/mol. The van der Waals surface area contributed by atoms with E-state index in [0.717, 1.165) is 6.26 Å². The predicted octanol–water partition coefficient (Wildman–Crippen LogP) is 1.94. The zero-order valence-corrected chi connectivity index (χ0v) is 9.70. The van der Waals surface area contributed by atoms with E-state index in [1.54, 1.807) is 0 Å². The van der Waals surface area contributed by atoms with Gasteiger partial charge in [0.05, 0.1) is 11.4 Å². The molecule has 0 aliphatic heterocycles.